The number of aromatic nitrogens is 2. The number of nitrogens with zero attached hydrogens (tertiary/aromatic N) is 2. The monoisotopic (exact) mass is 439 g/mol. The van der Waals surface area contributed by atoms with Gasteiger partial charge in [0.05, 0.1) is 18.4 Å². The fraction of sp³-hybridized carbons (Fsp3) is 0.261. The number of carbonyl (C=O) groups is 2. The maximum atomic E-state index is 12.8. The number of para-hydroxylation sites is 1. The number of methoxy groups -OCH3 is 1. The highest BCUT2D eigenvalue weighted by Gasteiger charge is 2.26. The van der Waals surface area contributed by atoms with Crippen molar-refractivity contribution in [2.75, 3.05) is 12.4 Å². The van der Waals surface area contributed by atoms with Crippen molar-refractivity contribution in [1.82, 2.24) is 9.78 Å². The van der Waals surface area contributed by atoms with Crippen LogP contribution in [0.5, 0.6) is 5.75 Å². The lowest BCUT2D eigenvalue weighted by molar-refractivity contribution is 0.0595. The summed E-state index contributed by atoms with van der Waals surface area (Å²) in [6, 6.07) is 14.0. The second kappa shape index (κ2) is 9.22. The van der Waals surface area contributed by atoms with Gasteiger partial charge in [-0.05, 0) is 49.6 Å². The molecule has 2 heterocycles. The number of aryl methyl sites for hydroxylation is 1. The van der Waals surface area contributed by atoms with E-state index in [1.807, 2.05) is 22.9 Å². The molecule has 2 aromatic carbocycles. The second-order valence-electron chi connectivity index (χ2n) is 7.19. The fourth-order valence-corrected chi connectivity index (χ4v) is 3.83. The first-order chi connectivity index (χ1) is 15.1. The molecule has 7 nitrogen and oxygen atoms in total. The molecule has 0 aliphatic carbocycles. The molecule has 31 heavy (non-hydrogen) atoms. The Morgan fingerprint density at radius 1 is 1.16 bits per heavy atom. The molecule has 3 aromatic rings. The van der Waals surface area contributed by atoms with E-state index in [1.165, 1.54) is 7.11 Å². The van der Waals surface area contributed by atoms with Gasteiger partial charge in [-0.3, -0.25) is 9.48 Å². The Morgan fingerprint density at radius 2 is 1.97 bits per heavy atom. The summed E-state index contributed by atoms with van der Waals surface area (Å²) < 4.78 is 12.8. The second-order valence-corrected chi connectivity index (χ2v) is 7.63. The van der Waals surface area contributed by atoms with Gasteiger partial charge in [0.2, 0.25) is 0 Å². The average Bonchev–Trinajstić information content (AvgIpc) is 3.16. The van der Waals surface area contributed by atoms with E-state index in [-0.39, 0.29) is 12.5 Å². The van der Waals surface area contributed by atoms with Gasteiger partial charge in [0.25, 0.3) is 5.91 Å². The van der Waals surface area contributed by atoms with Crippen LogP contribution >= 0.6 is 11.6 Å². The van der Waals surface area contributed by atoms with Crippen molar-refractivity contribution in [2.24, 2.45) is 0 Å². The minimum atomic E-state index is -0.431. The van der Waals surface area contributed by atoms with Crippen molar-refractivity contribution in [3.05, 3.63) is 76.1 Å². The SMILES string of the molecule is COC(=O)c1c(COc2ccc(Cl)cc2C(=O)Nc2ccccc2)nn2c1CCCC2. The van der Waals surface area contributed by atoms with E-state index in [1.54, 1.807) is 30.3 Å². The topological polar surface area (TPSA) is 82.4 Å². The Balaban J connectivity index is 1.59. The molecule has 0 saturated heterocycles. The van der Waals surface area contributed by atoms with Gasteiger partial charge < -0.3 is 14.8 Å². The Morgan fingerprint density at radius 3 is 2.74 bits per heavy atom. The number of ether oxygens (including phenoxy) is 2. The molecular weight excluding hydrogens is 418 g/mol. The number of esters is 1. The van der Waals surface area contributed by atoms with Crippen LogP contribution in [0, 0.1) is 0 Å². The number of carbonyl (C=O) groups excluding carboxylic acids is 2. The van der Waals surface area contributed by atoms with Crippen molar-refractivity contribution in [3.63, 3.8) is 0 Å². The molecular formula is C23H22ClN3O4. The van der Waals surface area contributed by atoms with Gasteiger partial charge in [-0.2, -0.15) is 5.10 Å². The lowest BCUT2D eigenvalue weighted by atomic mass is 10.1. The number of fused-ring (bicyclic) bond motifs is 1. The highest BCUT2D eigenvalue weighted by Crippen LogP contribution is 2.27. The molecule has 0 bridgehead atoms. The molecule has 0 radical (unpaired) electrons. The van der Waals surface area contributed by atoms with Gasteiger partial charge in [0.15, 0.2) is 0 Å². The van der Waals surface area contributed by atoms with Crippen LogP contribution in [0.15, 0.2) is 48.5 Å². The third-order valence-corrected chi connectivity index (χ3v) is 5.37. The lowest BCUT2D eigenvalue weighted by Gasteiger charge is -2.13. The zero-order chi connectivity index (χ0) is 21.8. The van der Waals surface area contributed by atoms with Gasteiger partial charge in [0, 0.05) is 17.3 Å². The molecule has 1 aromatic heterocycles. The van der Waals surface area contributed by atoms with Crippen LogP contribution in [0.1, 0.15) is 44.9 Å². The van der Waals surface area contributed by atoms with E-state index in [2.05, 4.69) is 10.4 Å². The summed E-state index contributed by atoms with van der Waals surface area (Å²) in [5, 5.41) is 7.81. The molecule has 0 saturated carbocycles. The maximum Gasteiger partial charge on any atom is 0.341 e. The van der Waals surface area contributed by atoms with Gasteiger partial charge in [0.1, 0.15) is 23.6 Å². The molecule has 0 atom stereocenters. The van der Waals surface area contributed by atoms with Gasteiger partial charge in [-0.1, -0.05) is 29.8 Å². The van der Waals surface area contributed by atoms with Gasteiger partial charge in [-0.25, -0.2) is 4.79 Å². The van der Waals surface area contributed by atoms with E-state index >= 15 is 0 Å². The van der Waals surface area contributed by atoms with E-state index in [0.29, 0.717) is 33.3 Å². The Bertz CT molecular complexity index is 1110. The number of hydrogen-bond donors (Lipinski definition) is 1. The molecule has 0 spiro atoms. The van der Waals surface area contributed by atoms with Crippen LogP contribution < -0.4 is 10.1 Å². The molecule has 1 aliphatic heterocycles. The first-order valence-electron chi connectivity index (χ1n) is 10.0. The molecule has 1 N–H and O–H groups in total. The molecule has 1 amide bonds. The molecule has 0 fully saturated rings. The largest absolute Gasteiger partial charge is 0.486 e. The molecule has 8 heteroatoms. The summed E-state index contributed by atoms with van der Waals surface area (Å²) in [5.41, 5.74) is 2.77. The van der Waals surface area contributed by atoms with Crippen LogP contribution in [-0.4, -0.2) is 28.8 Å². The summed E-state index contributed by atoms with van der Waals surface area (Å²) in [5.74, 6) is -0.430. The Hall–Kier alpha value is -3.32. The minimum absolute atomic E-state index is 0.0255. The summed E-state index contributed by atoms with van der Waals surface area (Å²) in [6.07, 6.45) is 2.77. The van der Waals surface area contributed by atoms with Gasteiger partial charge in [-0.15, -0.1) is 0 Å². The van der Waals surface area contributed by atoms with Crippen LogP contribution in [0.2, 0.25) is 5.02 Å². The summed E-state index contributed by atoms with van der Waals surface area (Å²) in [4.78, 5) is 25.2. The number of rotatable bonds is 6. The number of amides is 1. The lowest BCUT2D eigenvalue weighted by Crippen LogP contribution is -2.15. The summed E-state index contributed by atoms with van der Waals surface area (Å²) in [6.45, 7) is 0.780. The average molecular weight is 440 g/mol. The van der Waals surface area contributed by atoms with Crippen molar-refractivity contribution < 1.29 is 19.1 Å². The maximum absolute atomic E-state index is 12.8. The highest BCUT2D eigenvalue weighted by atomic mass is 35.5. The van der Waals surface area contributed by atoms with E-state index in [4.69, 9.17) is 21.1 Å². The summed E-state index contributed by atoms with van der Waals surface area (Å²) >= 11 is 6.12. The Kier molecular flexibility index (Phi) is 6.23. The normalized spacial score (nSPS) is 12.7. The third kappa shape index (κ3) is 4.56. The Labute approximate surface area is 184 Å². The van der Waals surface area contributed by atoms with Crippen molar-refractivity contribution >= 4 is 29.2 Å². The minimum Gasteiger partial charge on any atom is -0.486 e. The molecule has 160 valence electrons. The number of anilines is 1. The zero-order valence-corrected chi connectivity index (χ0v) is 17.8. The standard InChI is InChI=1S/C23H22ClN3O4/c1-30-23(29)21-18(26-27-12-6-5-9-19(21)27)14-31-20-11-10-15(24)13-17(20)22(28)25-16-7-3-2-4-8-16/h2-4,7-8,10-11,13H,5-6,9,12,14H2,1H3,(H,25,28). The number of benzene rings is 2. The fourth-order valence-electron chi connectivity index (χ4n) is 3.65. The van der Waals surface area contributed by atoms with Crippen molar-refractivity contribution in [2.45, 2.75) is 32.4 Å². The van der Waals surface area contributed by atoms with Gasteiger partial charge >= 0.3 is 5.97 Å². The quantitative estimate of drug-likeness (QED) is 0.572. The van der Waals surface area contributed by atoms with E-state index in [9.17, 15) is 9.59 Å². The first-order valence-corrected chi connectivity index (χ1v) is 10.4. The number of halogens is 1. The first kappa shape index (κ1) is 20.9. The predicted octanol–water partition coefficient (Wildman–Crippen LogP) is 4.49. The molecule has 1 aliphatic rings. The van der Waals surface area contributed by atoms with E-state index in [0.717, 1.165) is 31.5 Å². The van der Waals surface area contributed by atoms with Crippen molar-refractivity contribution in [3.8, 4) is 5.75 Å². The van der Waals surface area contributed by atoms with Crippen LogP contribution in [0.3, 0.4) is 0 Å². The molecule has 0 unspecified atom stereocenters. The number of nitrogens with one attached hydrogen (secondary N) is 1. The summed E-state index contributed by atoms with van der Waals surface area (Å²) in [7, 11) is 1.35. The van der Waals surface area contributed by atoms with E-state index < -0.39 is 5.97 Å². The highest BCUT2D eigenvalue weighted by molar-refractivity contribution is 6.31. The van der Waals surface area contributed by atoms with Crippen LogP contribution in [0.4, 0.5) is 5.69 Å². The zero-order valence-electron chi connectivity index (χ0n) is 17.1. The van der Waals surface area contributed by atoms with Crippen molar-refractivity contribution in [1.29, 1.82) is 0 Å². The third-order valence-electron chi connectivity index (χ3n) is 5.14. The predicted molar refractivity (Wildman–Crippen MR) is 117 cm³/mol. The van der Waals surface area contributed by atoms with Crippen LogP contribution in [0.25, 0.3) is 0 Å². The number of hydrogen-bond acceptors (Lipinski definition) is 5. The van der Waals surface area contributed by atoms with Crippen LogP contribution in [-0.2, 0) is 24.3 Å². The molecule has 4 rings (SSSR count). The smallest absolute Gasteiger partial charge is 0.341 e.